The predicted octanol–water partition coefficient (Wildman–Crippen LogP) is 2.76. The molecule has 2 nitrogen and oxygen atoms in total. The Balaban J connectivity index is 2.65. The number of hydrogen-bond acceptors (Lipinski definition) is 2. The van der Waals surface area contributed by atoms with E-state index in [0.717, 1.165) is 5.56 Å². The van der Waals surface area contributed by atoms with Gasteiger partial charge in [0.2, 0.25) is 0 Å². The zero-order valence-electron chi connectivity index (χ0n) is 7.37. The Bertz CT molecular complexity index is 256. The molecule has 0 spiro atoms. The summed E-state index contributed by atoms with van der Waals surface area (Å²) < 4.78 is 5.22. The van der Waals surface area contributed by atoms with E-state index in [4.69, 9.17) is 10.1 Å². The third kappa shape index (κ3) is 2.38. The number of nitrogens with one attached hydrogen (secondary N) is 1. The summed E-state index contributed by atoms with van der Waals surface area (Å²) in [6.45, 7) is 3.58. The first-order valence-electron chi connectivity index (χ1n) is 3.97. The first-order valence-corrected chi connectivity index (χ1v) is 3.97. The summed E-state index contributed by atoms with van der Waals surface area (Å²) in [5.41, 5.74) is 1.10. The molecule has 0 heterocycles. The lowest BCUT2D eigenvalue weighted by Gasteiger charge is -2.12. The largest absolute Gasteiger partial charge is 0.474 e. The van der Waals surface area contributed by atoms with Crippen molar-refractivity contribution in [3.05, 3.63) is 35.9 Å². The van der Waals surface area contributed by atoms with Crippen molar-refractivity contribution in [3.63, 3.8) is 0 Å². The van der Waals surface area contributed by atoms with E-state index in [1.807, 2.05) is 37.3 Å². The molecule has 12 heavy (non-hydrogen) atoms. The predicted molar refractivity (Wildman–Crippen MR) is 49.3 cm³/mol. The van der Waals surface area contributed by atoms with E-state index >= 15 is 0 Å². The second-order valence-electron chi connectivity index (χ2n) is 2.73. The number of ether oxygens (including phenoxy) is 1. The van der Waals surface area contributed by atoms with Gasteiger partial charge < -0.3 is 4.74 Å². The SMILES string of the molecule is CC(=N)O[C@H](C)c1ccccc1. The molecule has 0 unspecified atom stereocenters. The molecule has 0 saturated heterocycles. The van der Waals surface area contributed by atoms with Gasteiger partial charge in [0.05, 0.1) is 0 Å². The van der Waals surface area contributed by atoms with Crippen LogP contribution in [0.25, 0.3) is 0 Å². The standard InChI is InChI=1S/C10H13NO/c1-8(12-9(2)11)10-6-4-3-5-7-10/h3-8,11H,1-2H3/t8-/m1/s1. The van der Waals surface area contributed by atoms with Gasteiger partial charge >= 0.3 is 0 Å². The van der Waals surface area contributed by atoms with Crippen LogP contribution < -0.4 is 0 Å². The highest BCUT2D eigenvalue weighted by molar-refractivity contribution is 5.69. The smallest absolute Gasteiger partial charge is 0.177 e. The van der Waals surface area contributed by atoms with Crippen molar-refractivity contribution < 1.29 is 4.74 Å². The molecule has 0 bridgehead atoms. The van der Waals surface area contributed by atoms with E-state index < -0.39 is 0 Å². The Morgan fingerprint density at radius 2 is 1.92 bits per heavy atom. The molecule has 1 atom stereocenters. The fraction of sp³-hybridized carbons (Fsp3) is 0.300. The Labute approximate surface area is 72.7 Å². The van der Waals surface area contributed by atoms with Gasteiger partial charge in [-0.2, -0.15) is 0 Å². The first kappa shape index (κ1) is 8.78. The van der Waals surface area contributed by atoms with Crippen molar-refractivity contribution in [2.24, 2.45) is 0 Å². The molecule has 1 aromatic carbocycles. The molecule has 1 rings (SSSR count). The maximum atomic E-state index is 7.15. The molecule has 0 amide bonds. The molecule has 1 aromatic rings. The summed E-state index contributed by atoms with van der Waals surface area (Å²) in [6.07, 6.45) is -0.0244. The summed E-state index contributed by atoms with van der Waals surface area (Å²) in [5.74, 6) is 0.256. The number of benzene rings is 1. The van der Waals surface area contributed by atoms with E-state index in [1.165, 1.54) is 0 Å². The molecule has 1 N–H and O–H groups in total. The fourth-order valence-electron chi connectivity index (χ4n) is 1.06. The van der Waals surface area contributed by atoms with E-state index in [2.05, 4.69) is 0 Å². The van der Waals surface area contributed by atoms with Gasteiger partial charge in [-0.15, -0.1) is 0 Å². The summed E-state index contributed by atoms with van der Waals surface area (Å²) in [5, 5.41) is 7.15. The van der Waals surface area contributed by atoms with E-state index in [1.54, 1.807) is 6.92 Å². The van der Waals surface area contributed by atoms with Crippen LogP contribution in [0.2, 0.25) is 0 Å². The van der Waals surface area contributed by atoms with Crippen LogP contribution in [0.5, 0.6) is 0 Å². The monoisotopic (exact) mass is 163 g/mol. The molecular weight excluding hydrogens is 150 g/mol. The highest BCUT2D eigenvalue weighted by Gasteiger charge is 2.04. The summed E-state index contributed by atoms with van der Waals surface area (Å²) in [4.78, 5) is 0. The van der Waals surface area contributed by atoms with Crippen LogP contribution in [-0.4, -0.2) is 5.90 Å². The molecular formula is C10H13NO. The van der Waals surface area contributed by atoms with E-state index in [-0.39, 0.29) is 12.0 Å². The van der Waals surface area contributed by atoms with Crippen molar-refractivity contribution in [2.45, 2.75) is 20.0 Å². The van der Waals surface area contributed by atoms with Gasteiger partial charge in [0, 0.05) is 6.92 Å². The van der Waals surface area contributed by atoms with E-state index in [9.17, 15) is 0 Å². The summed E-state index contributed by atoms with van der Waals surface area (Å²) >= 11 is 0. The van der Waals surface area contributed by atoms with Gasteiger partial charge in [-0.25, -0.2) is 0 Å². The van der Waals surface area contributed by atoms with Crippen LogP contribution in [0.3, 0.4) is 0 Å². The molecule has 0 aliphatic carbocycles. The van der Waals surface area contributed by atoms with Crippen LogP contribution in [-0.2, 0) is 4.74 Å². The lowest BCUT2D eigenvalue weighted by molar-refractivity contribution is 0.208. The second-order valence-corrected chi connectivity index (χ2v) is 2.73. The minimum absolute atomic E-state index is 0.0244. The summed E-state index contributed by atoms with van der Waals surface area (Å²) in [7, 11) is 0. The molecule has 0 fully saturated rings. The van der Waals surface area contributed by atoms with Gasteiger partial charge in [0.25, 0.3) is 0 Å². The average Bonchev–Trinajstić information content (AvgIpc) is 2.05. The molecule has 0 radical (unpaired) electrons. The van der Waals surface area contributed by atoms with Gasteiger partial charge in [0.1, 0.15) is 6.10 Å². The normalized spacial score (nSPS) is 12.2. The maximum absolute atomic E-state index is 7.15. The zero-order chi connectivity index (χ0) is 8.97. The van der Waals surface area contributed by atoms with Crippen molar-refractivity contribution in [1.29, 1.82) is 5.41 Å². The average molecular weight is 163 g/mol. The number of hydrogen-bond donors (Lipinski definition) is 1. The highest BCUT2D eigenvalue weighted by Crippen LogP contribution is 2.15. The highest BCUT2D eigenvalue weighted by atomic mass is 16.5. The van der Waals surface area contributed by atoms with Crippen LogP contribution in [0, 0.1) is 5.41 Å². The minimum atomic E-state index is -0.0244. The summed E-state index contributed by atoms with van der Waals surface area (Å²) in [6, 6.07) is 9.89. The van der Waals surface area contributed by atoms with Crippen LogP contribution in [0.15, 0.2) is 30.3 Å². The Morgan fingerprint density at radius 3 is 2.42 bits per heavy atom. The lowest BCUT2D eigenvalue weighted by atomic mass is 10.1. The quantitative estimate of drug-likeness (QED) is 0.527. The lowest BCUT2D eigenvalue weighted by Crippen LogP contribution is -2.03. The maximum Gasteiger partial charge on any atom is 0.177 e. The van der Waals surface area contributed by atoms with Gasteiger partial charge in [0.15, 0.2) is 5.90 Å². The Morgan fingerprint density at radius 1 is 1.33 bits per heavy atom. The topological polar surface area (TPSA) is 33.1 Å². The number of rotatable bonds is 2. The van der Waals surface area contributed by atoms with E-state index in [0.29, 0.717) is 0 Å². The van der Waals surface area contributed by atoms with Crippen LogP contribution >= 0.6 is 0 Å². The van der Waals surface area contributed by atoms with Crippen molar-refractivity contribution in [2.75, 3.05) is 0 Å². The zero-order valence-corrected chi connectivity index (χ0v) is 7.37. The molecule has 0 aliphatic rings. The van der Waals surface area contributed by atoms with Gasteiger partial charge in [-0.1, -0.05) is 30.3 Å². The Hall–Kier alpha value is -1.31. The van der Waals surface area contributed by atoms with Crippen molar-refractivity contribution >= 4 is 5.90 Å². The molecule has 0 saturated carbocycles. The molecule has 2 heteroatoms. The van der Waals surface area contributed by atoms with Crippen molar-refractivity contribution in [1.82, 2.24) is 0 Å². The van der Waals surface area contributed by atoms with Crippen molar-refractivity contribution in [3.8, 4) is 0 Å². The van der Waals surface area contributed by atoms with Crippen LogP contribution in [0.1, 0.15) is 25.5 Å². The minimum Gasteiger partial charge on any atom is -0.474 e. The Kier molecular flexibility index (Phi) is 2.86. The molecule has 0 aliphatic heterocycles. The molecule has 0 aromatic heterocycles. The second kappa shape index (κ2) is 3.90. The molecule has 64 valence electrons. The fourth-order valence-corrected chi connectivity index (χ4v) is 1.06. The third-order valence-electron chi connectivity index (χ3n) is 1.62. The first-order chi connectivity index (χ1) is 5.70. The van der Waals surface area contributed by atoms with Gasteiger partial charge in [-0.05, 0) is 12.5 Å². The van der Waals surface area contributed by atoms with Gasteiger partial charge in [-0.3, -0.25) is 5.41 Å². The third-order valence-corrected chi connectivity index (χ3v) is 1.62. The van der Waals surface area contributed by atoms with Crippen LogP contribution in [0.4, 0.5) is 0 Å².